The molecule has 0 aliphatic rings. The number of fused-ring (bicyclic) bond motifs is 1. The van der Waals surface area contributed by atoms with Crippen molar-refractivity contribution >= 4 is 22.6 Å². The van der Waals surface area contributed by atoms with Gasteiger partial charge in [-0.1, -0.05) is 36.4 Å². The topological polar surface area (TPSA) is 60.8 Å². The first-order valence-electron chi connectivity index (χ1n) is 4.40. The summed E-state index contributed by atoms with van der Waals surface area (Å²) < 4.78 is 0. The van der Waals surface area contributed by atoms with E-state index in [4.69, 9.17) is 5.11 Å². The molecule has 0 bridgehead atoms. The minimum Gasteiger partial charge on any atom is -0.463 e. The molecular weight excluding hydrogens is 194 g/mol. The number of anilines is 1. The van der Waals surface area contributed by atoms with Crippen LogP contribution >= 0.6 is 0 Å². The van der Waals surface area contributed by atoms with E-state index < -0.39 is 6.09 Å². The van der Waals surface area contributed by atoms with E-state index in [1.165, 1.54) is 0 Å². The van der Waals surface area contributed by atoms with Crippen molar-refractivity contribution in [3.8, 4) is 0 Å². The van der Waals surface area contributed by atoms with Crippen molar-refractivity contribution in [3.63, 3.8) is 0 Å². The largest absolute Gasteiger partial charge is 0.463 e. The van der Waals surface area contributed by atoms with E-state index in [0.29, 0.717) is 5.39 Å². The molecule has 2 aromatic rings. The molecule has 0 aromatic heterocycles. The molecule has 0 aliphatic carbocycles. The first-order valence-corrected chi connectivity index (χ1v) is 4.40. The zero-order chi connectivity index (χ0) is 10.8. The van der Waals surface area contributed by atoms with E-state index in [1.54, 1.807) is 24.3 Å². The van der Waals surface area contributed by atoms with Crippen LogP contribution in [0.1, 0.15) is 0 Å². The van der Waals surface area contributed by atoms with Crippen LogP contribution in [-0.4, -0.2) is 16.4 Å². The van der Waals surface area contributed by atoms with Crippen LogP contribution in [0, 0.1) is 0 Å². The van der Waals surface area contributed by atoms with Gasteiger partial charge in [0, 0.05) is 5.39 Å². The summed E-state index contributed by atoms with van der Waals surface area (Å²) in [7, 11) is 0. The Hall–Kier alpha value is -2.07. The average molecular weight is 203 g/mol. The van der Waals surface area contributed by atoms with Crippen molar-refractivity contribution < 1.29 is 15.1 Å². The average Bonchev–Trinajstić information content (AvgIpc) is 2.27. The minimum absolute atomic E-state index is 0.225. The van der Waals surface area contributed by atoms with Crippen molar-refractivity contribution in [2.45, 2.75) is 0 Å². The second-order valence-corrected chi connectivity index (χ2v) is 3.09. The van der Waals surface area contributed by atoms with E-state index in [1.807, 2.05) is 18.2 Å². The predicted octanol–water partition coefficient (Wildman–Crippen LogP) is 2.71. The molecule has 76 valence electrons. The summed E-state index contributed by atoms with van der Waals surface area (Å²) in [6.45, 7) is 0. The van der Waals surface area contributed by atoms with Gasteiger partial charge in [0.15, 0.2) is 0 Å². The minimum atomic E-state index is -1.40. The Morgan fingerprint density at radius 2 is 1.73 bits per heavy atom. The van der Waals surface area contributed by atoms with E-state index in [2.05, 4.69) is 0 Å². The van der Waals surface area contributed by atoms with E-state index in [9.17, 15) is 10.0 Å². The lowest BCUT2D eigenvalue weighted by Gasteiger charge is -2.13. The molecule has 0 radical (unpaired) electrons. The summed E-state index contributed by atoms with van der Waals surface area (Å²) >= 11 is 0. The molecule has 4 heteroatoms. The van der Waals surface area contributed by atoms with E-state index in [-0.39, 0.29) is 10.8 Å². The van der Waals surface area contributed by atoms with Gasteiger partial charge in [-0.2, -0.15) is 5.06 Å². The molecule has 2 N–H and O–H groups in total. The van der Waals surface area contributed by atoms with Crippen molar-refractivity contribution in [1.29, 1.82) is 0 Å². The molecule has 0 saturated carbocycles. The molecule has 1 amide bonds. The Morgan fingerprint density at radius 1 is 1.07 bits per heavy atom. The lowest BCUT2D eigenvalue weighted by atomic mass is 10.1. The van der Waals surface area contributed by atoms with Crippen molar-refractivity contribution in [2.75, 3.05) is 5.06 Å². The Labute approximate surface area is 85.9 Å². The molecule has 4 nitrogen and oxygen atoms in total. The van der Waals surface area contributed by atoms with Crippen LogP contribution in [-0.2, 0) is 0 Å². The normalized spacial score (nSPS) is 10.2. The van der Waals surface area contributed by atoms with Crippen LogP contribution in [0.2, 0.25) is 0 Å². The maximum Gasteiger partial charge on any atom is 0.436 e. The van der Waals surface area contributed by atoms with Gasteiger partial charge < -0.3 is 5.11 Å². The lowest BCUT2D eigenvalue weighted by molar-refractivity contribution is 0.161. The maximum atomic E-state index is 10.6. The van der Waals surface area contributed by atoms with Gasteiger partial charge in [0.25, 0.3) is 0 Å². The standard InChI is InChI=1S/C11H9NO3/c13-11(14)12(15)10-7-3-5-8-4-1-2-6-9(8)10/h1-7,15H,(H,13,14). The highest BCUT2D eigenvalue weighted by Gasteiger charge is 2.13. The van der Waals surface area contributed by atoms with Gasteiger partial charge in [0.05, 0.1) is 5.69 Å². The van der Waals surface area contributed by atoms with Gasteiger partial charge in [-0.25, -0.2) is 4.79 Å². The third kappa shape index (κ3) is 1.62. The number of hydrogen-bond donors (Lipinski definition) is 2. The van der Waals surface area contributed by atoms with Gasteiger partial charge in [0.1, 0.15) is 0 Å². The highest BCUT2D eigenvalue weighted by Crippen LogP contribution is 2.25. The summed E-state index contributed by atoms with van der Waals surface area (Å²) in [6.07, 6.45) is -1.40. The van der Waals surface area contributed by atoms with Crippen LogP contribution in [0.5, 0.6) is 0 Å². The molecule has 0 atom stereocenters. The summed E-state index contributed by atoms with van der Waals surface area (Å²) in [5.41, 5.74) is 0.264. The Kier molecular flexibility index (Phi) is 2.27. The summed E-state index contributed by atoms with van der Waals surface area (Å²) in [6, 6.07) is 12.4. The molecule has 15 heavy (non-hydrogen) atoms. The first-order chi connectivity index (χ1) is 7.20. The molecular formula is C11H9NO3. The van der Waals surface area contributed by atoms with E-state index >= 15 is 0 Å². The molecule has 0 aliphatic heterocycles. The van der Waals surface area contributed by atoms with Crippen molar-refractivity contribution in [3.05, 3.63) is 42.5 Å². The molecule has 0 saturated heterocycles. The van der Waals surface area contributed by atoms with Crippen LogP contribution in [0.25, 0.3) is 10.8 Å². The molecule has 2 aromatic carbocycles. The lowest BCUT2D eigenvalue weighted by Crippen LogP contribution is -2.24. The van der Waals surface area contributed by atoms with Gasteiger partial charge in [0.2, 0.25) is 0 Å². The number of carbonyl (C=O) groups is 1. The zero-order valence-electron chi connectivity index (χ0n) is 7.79. The number of benzene rings is 2. The second kappa shape index (κ2) is 3.59. The van der Waals surface area contributed by atoms with Gasteiger partial charge in [-0.05, 0) is 11.5 Å². The van der Waals surface area contributed by atoms with Gasteiger partial charge >= 0.3 is 6.09 Å². The highest BCUT2D eigenvalue weighted by molar-refractivity contribution is 5.99. The quantitative estimate of drug-likeness (QED) is 0.553. The summed E-state index contributed by atoms with van der Waals surface area (Å²) in [5, 5.41) is 19.8. The zero-order valence-corrected chi connectivity index (χ0v) is 7.79. The number of nitrogens with zero attached hydrogens (tertiary/aromatic N) is 1. The van der Waals surface area contributed by atoms with E-state index in [0.717, 1.165) is 5.39 Å². The van der Waals surface area contributed by atoms with Crippen LogP contribution in [0.3, 0.4) is 0 Å². The Balaban J connectivity index is 2.65. The molecule has 0 unspecified atom stereocenters. The molecule has 0 heterocycles. The first kappa shape index (κ1) is 9.48. The number of hydrogen-bond acceptors (Lipinski definition) is 2. The van der Waals surface area contributed by atoms with Gasteiger partial charge in [-0.3, -0.25) is 5.21 Å². The molecule has 0 fully saturated rings. The Morgan fingerprint density at radius 3 is 2.47 bits per heavy atom. The monoisotopic (exact) mass is 203 g/mol. The fourth-order valence-electron chi connectivity index (χ4n) is 1.50. The summed E-state index contributed by atoms with van der Waals surface area (Å²) in [4.78, 5) is 10.6. The maximum absolute atomic E-state index is 10.6. The second-order valence-electron chi connectivity index (χ2n) is 3.09. The third-order valence-electron chi connectivity index (χ3n) is 2.18. The van der Waals surface area contributed by atoms with Gasteiger partial charge in [-0.15, -0.1) is 0 Å². The number of hydroxylamine groups is 1. The number of amides is 1. The number of carboxylic acid groups (broad SMARTS) is 1. The summed E-state index contributed by atoms with van der Waals surface area (Å²) in [5.74, 6) is 0. The van der Waals surface area contributed by atoms with Crippen LogP contribution in [0.15, 0.2) is 42.5 Å². The third-order valence-corrected chi connectivity index (χ3v) is 2.18. The Bertz CT molecular complexity index is 505. The SMILES string of the molecule is O=C(O)N(O)c1cccc2ccccc12. The predicted molar refractivity (Wildman–Crippen MR) is 56.2 cm³/mol. The van der Waals surface area contributed by atoms with Crippen LogP contribution < -0.4 is 5.06 Å². The smallest absolute Gasteiger partial charge is 0.436 e. The molecule has 0 spiro atoms. The van der Waals surface area contributed by atoms with Crippen molar-refractivity contribution in [1.82, 2.24) is 0 Å². The fraction of sp³-hybridized carbons (Fsp3) is 0. The van der Waals surface area contributed by atoms with Crippen LogP contribution in [0.4, 0.5) is 10.5 Å². The number of rotatable bonds is 1. The fourth-order valence-corrected chi connectivity index (χ4v) is 1.50. The highest BCUT2D eigenvalue weighted by atomic mass is 16.6. The van der Waals surface area contributed by atoms with Crippen molar-refractivity contribution in [2.24, 2.45) is 0 Å². The molecule has 2 rings (SSSR count).